The largest absolute Gasteiger partial charge is 0.444 e. The van der Waals surface area contributed by atoms with Gasteiger partial charge < -0.3 is 10.5 Å². The minimum atomic E-state index is -4.42. The average molecular weight is 350 g/mol. The van der Waals surface area contributed by atoms with E-state index in [0.717, 1.165) is 17.7 Å². The highest BCUT2D eigenvalue weighted by molar-refractivity contribution is 5.90. The molecule has 2 N–H and O–H groups in total. The first-order chi connectivity index (χ1) is 11.9. The summed E-state index contributed by atoms with van der Waals surface area (Å²) in [5.74, 6) is 0. The molecule has 25 heavy (non-hydrogen) atoms. The van der Waals surface area contributed by atoms with E-state index in [9.17, 15) is 18.0 Å². The van der Waals surface area contributed by atoms with Crippen LogP contribution in [0.25, 0.3) is 0 Å². The molecule has 7 heteroatoms. The number of halogens is 3. The first-order valence-corrected chi connectivity index (χ1v) is 7.82. The van der Waals surface area contributed by atoms with Crippen molar-refractivity contribution < 1.29 is 22.7 Å². The standard InChI is InChI=1S/C18H17F3N2O2/c19-18(20,21)14-7-8-15-13(10-14)6-9-16(22)23(15)17(24)25-11-12-4-2-1-3-5-12/h1-5,7-8,10,16H,6,9,11,22H2. The molecule has 1 aliphatic heterocycles. The number of hydrogen-bond donors (Lipinski definition) is 1. The van der Waals surface area contributed by atoms with Crippen molar-refractivity contribution in [2.24, 2.45) is 5.73 Å². The Morgan fingerprint density at radius 2 is 1.92 bits per heavy atom. The highest BCUT2D eigenvalue weighted by Gasteiger charge is 2.34. The van der Waals surface area contributed by atoms with Gasteiger partial charge in [0.05, 0.1) is 17.4 Å². The van der Waals surface area contributed by atoms with Crippen molar-refractivity contribution in [1.82, 2.24) is 0 Å². The van der Waals surface area contributed by atoms with Crippen molar-refractivity contribution >= 4 is 11.8 Å². The molecule has 0 fully saturated rings. The van der Waals surface area contributed by atoms with Crippen LogP contribution in [0.15, 0.2) is 48.5 Å². The number of fused-ring (bicyclic) bond motifs is 1. The minimum Gasteiger partial charge on any atom is -0.444 e. The molecule has 132 valence electrons. The molecule has 1 aliphatic rings. The Morgan fingerprint density at radius 3 is 2.60 bits per heavy atom. The molecule has 1 heterocycles. The van der Waals surface area contributed by atoms with E-state index in [-0.39, 0.29) is 6.61 Å². The van der Waals surface area contributed by atoms with Crippen LogP contribution < -0.4 is 10.6 Å². The maximum Gasteiger partial charge on any atom is 0.416 e. The Labute approximate surface area is 143 Å². The van der Waals surface area contributed by atoms with Gasteiger partial charge >= 0.3 is 12.3 Å². The van der Waals surface area contributed by atoms with E-state index in [0.29, 0.717) is 24.1 Å². The van der Waals surface area contributed by atoms with Crippen LogP contribution >= 0.6 is 0 Å². The first kappa shape index (κ1) is 17.3. The third kappa shape index (κ3) is 3.76. The van der Waals surface area contributed by atoms with Gasteiger partial charge in [-0.3, -0.25) is 4.90 Å². The van der Waals surface area contributed by atoms with Gasteiger partial charge in [0.15, 0.2) is 0 Å². The lowest BCUT2D eigenvalue weighted by atomic mass is 9.97. The summed E-state index contributed by atoms with van der Waals surface area (Å²) < 4.78 is 43.9. The summed E-state index contributed by atoms with van der Waals surface area (Å²) in [5.41, 5.74) is 6.87. The number of carbonyl (C=O) groups is 1. The van der Waals surface area contributed by atoms with E-state index in [1.165, 1.54) is 11.0 Å². The van der Waals surface area contributed by atoms with Crippen LogP contribution in [-0.4, -0.2) is 12.3 Å². The number of ether oxygens (including phenoxy) is 1. The van der Waals surface area contributed by atoms with E-state index in [4.69, 9.17) is 10.5 Å². The second-order valence-corrected chi connectivity index (χ2v) is 5.86. The Morgan fingerprint density at radius 1 is 1.20 bits per heavy atom. The lowest BCUT2D eigenvalue weighted by Crippen LogP contribution is -2.49. The zero-order chi connectivity index (χ0) is 18.0. The number of hydrogen-bond acceptors (Lipinski definition) is 3. The summed E-state index contributed by atoms with van der Waals surface area (Å²) in [4.78, 5) is 13.7. The summed E-state index contributed by atoms with van der Waals surface area (Å²) in [5, 5.41) is 0. The number of alkyl halides is 3. The molecule has 0 radical (unpaired) electrons. The van der Waals surface area contributed by atoms with Crippen molar-refractivity contribution in [3.8, 4) is 0 Å². The number of carbonyl (C=O) groups excluding carboxylic acids is 1. The maximum atomic E-state index is 12.9. The second-order valence-electron chi connectivity index (χ2n) is 5.86. The smallest absolute Gasteiger partial charge is 0.416 e. The van der Waals surface area contributed by atoms with Gasteiger partial charge in [0.1, 0.15) is 6.61 Å². The van der Waals surface area contributed by atoms with Crippen LogP contribution in [0.3, 0.4) is 0 Å². The Kier molecular flexibility index (Phi) is 4.67. The van der Waals surface area contributed by atoms with Gasteiger partial charge in [-0.1, -0.05) is 30.3 Å². The van der Waals surface area contributed by atoms with Crippen molar-refractivity contribution in [2.45, 2.75) is 31.8 Å². The molecule has 0 saturated carbocycles. The van der Waals surface area contributed by atoms with Crippen molar-refractivity contribution in [2.75, 3.05) is 4.90 Å². The van der Waals surface area contributed by atoms with Crippen LogP contribution in [0, 0.1) is 0 Å². The summed E-state index contributed by atoms with van der Waals surface area (Å²) in [6.45, 7) is 0.0683. The van der Waals surface area contributed by atoms with Crippen molar-refractivity contribution in [1.29, 1.82) is 0 Å². The van der Waals surface area contributed by atoms with Gasteiger partial charge in [0, 0.05) is 0 Å². The normalized spacial score (nSPS) is 17.1. The molecule has 3 rings (SSSR count). The molecule has 0 bridgehead atoms. The monoisotopic (exact) mass is 350 g/mol. The number of nitrogens with two attached hydrogens (primary N) is 1. The summed E-state index contributed by atoms with van der Waals surface area (Å²) in [7, 11) is 0. The Balaban J connectivity index is 1.81. The molecule has 0 spiro atoms. The molecule has 0 saturated heterocycles. The van der Waals surface area contributed by atoms with Crippen LogP contribution in [0.4, 0.5) is 23.7 Å². The molecule has 1 amide bonds. The molecule has 4 nitrogen and oxygen atoms in total. The maximum absolute atomic E-state index is 12.9. The Hall–Kier alpha value is -2.54. The lowest BCUT2D eigenvalue weighted by molar-refractivity contribution is -0.137. The van der Waals surface area contributed by atoms with E-state index >= 15 is 0 Å². The predicted octanol–water partition coefficient (Wildman–Crippen LogP) is 4.08. The minimum absolute atomic E-state index is 0.0683. The Bertz CT molecular complexity index is 763. The van der Waals surface area contributed by atoms with Gasteiger partial charge in [-0.05, 0) is 42.2 Å². The van der Waals surface area contributed by atoms with Gasteiger partial charge in [0.25, 0.3) is 0 Å². The number of aryl methyl sites for hydroxylation is 1. The molecule has 2 aromatic rings. The van der Waals surface area contributed by atoms with Crippen molar-refractivity contribution in [3.63, 3.8) is 0 Å². The summed E-state index contributed by atoms with van der Waals surface area (Å²) >= 11 is 0. The molecular weight excluding hydrogens is 333 g/mol. The number of benzene rings is 2. The number of nitrogens with zero attached hydrogens (tertiary/aromatic N) is 1. The fraction of sp³-hybridized carbons (Fsp3) is 0.278. The first-order valence-electron chi connectivity index (χ1n) is 7.82. The average Bonchev–Trinajstić information content (AvgIpc) is 2.59. The zero-order valence-electron chi connectivity index (χ0n) is 13.3. The summed E-state index contributed by atoms with van der Waals surface area (Å²) in [6.07, 6.45) is -4.98. The topological polar surface area (TPSA) is 55.6 Å². The SMILES string of the molecule is NC1CCc2cc(C(F)(F)F)ccc2N1C(=O)OCc1ccccc1. The third-order valence-electron chi connectivity index (χ3n) is 4.11. The zero-order valence-corrected chi connectivity index (χ0v) is 13.3. The van der Waals surface area contributed by atoms with E-state index in [1.54, 1.807) is 0 Å². The predicted molar refractivity (Wildman–Crippen MR) is 86.8 cm³/mol. The third-order valence-corrected chi connectivity index (χ3v) is 4.11. The van der Waals surface area contributed by atoms with E-state index < -0.39 is 24.0 Å². The van der Waals surface area contributed by atoms with Crippen LogP contribution in [-0.2, 0) is 23.9 Å². The van der Waals surface area contributed by atoms with Gasteiger partial charge in [0.2, 0.25) is 0 Å². The molecule has 0 aromatic heterocycles. The molecule has 0 aliphatic carbocycles. The van der Waals surface area contributed by atoms with Gasteiger partial charge in [-0.15, -0.1) is 0 Å². The fourth-order valence-corrected chi connectivity index (χ4v) is 2.83. The summed E-state index contributed by atoms with van der Waals surface area (Å²) in [6, 6.07) is 12.4. The van der Waals surface area contributed by atoms with E-state index in [2.05, 4.69) is 0 Å². The van der Waals surface area contributed by atoms with Crippen molar-refractivity contribution in [3.05, 3.63) is 65.2 Å². The van der Waals surface area contributed by atoms with Crippen LogP contribution in [0.5, 0.6) is 0 Å². The molecule has 1 unspecified atom stereocenters. The van der Waals surface area contributed by atoms with E-state index in [1.807, 2.05) is 30.3 Å². The quantitative estimate of drug-likeness (QED) is 0.888. The van der Waals surface area contributed by atoms with Crippen LogP contribution in [0.1, 0.15) is 23.1 Å². The fourth-order valence-electron chi connectivity index (χ4n) is 2.83. The van der Waals surface area contributed by atoms with Crippen LogP contribution in [0.2, 0.25) is 0 Å². The number of anilines is 1. The molecule has 1 atom stereocenters. The van der Waals surface area contributed by atoms with Gasteiger partial charge in [-0.25, -0.2) is 4.79 Å². The molecular formula is C18H17F3N2O2. The molecule has 2 aromatic carbocycles. The highest BCUT2D eigenvalue weighted by Crippen LogP contribution is 2.36. The lowest BCUT2D eigenvalue weighted by Gasteiger charge is -2.34. The number of amides is 1. The second kappa shape index (κ2) is 6.76. The highest BCUT2D eigenvalue weighted by atomic mass is 19.4. The number of rotatable bonds is 2. The van der Waals surface area contributed by atoms with Gasteiger partial charge in [-0.2, -0.15) is 13.2 Å².